The van der Waals surface area contributed by atoms with Gasteiger partial charge in [0.25, 0.3) is 0 Å². The van der Waals surface area contributed by atoms with Gasteiger partial charge in [0.15, 0.2) is 5.82 Å². The fraction of sp³-hybridized carbons (Fsp3) is 0.458. The van der Waals surface area contributed by atoms with E-state index in [4.69, 9.17) is 9.47 Å². The Bertz CT molecular complexity index is 1130. The summed E-state index contributed by atoms with van der Waals surface area (Å²) in [5.74, 6) is 0.216. The van der Waals surface area contributed by atoms with Gasteiger partial charge in [0, 0.05) is 19.4 Å². The first-order chi connectivity index (χ1) is 16.9. The van der Waals surface area contributed by atoms with Crippen LogP contribution in [-0.2, 0) is 35.3 Å². The van der Waals surface area contributed by atoms with E-state index in [1.165, 1.54) is 11.6 Å². The van der Waals surface area contributed by atoms with Crippen LogP contribution in [-0.4, -0.2) is 39.5 Å². The lowest BCUT2D eigenvalue weighted by atomic mass is 9.79. The van der Waals surface area contributed by atoms with Crippen LogP contribution in [0.15, 0.2) is 48.5 Å². The van der Waals surface area contributed by atoms with Crippen molar-refractivity contribution >= 4 is 0 Å². The Labute approximate surface area is 203 Å². The van der Waals surface area contributed by atoms with E-state index in [0.717, 1.165) is 5.56 Å². The Balaban J connectivity index is 1.65. The number of aryl methyl sites for hydroxylation is 1. The predicted octanol–water partition coefficient (Wildman–Crippen LogP) is 5.37. The smallest absolute Gasteiger partial charge is 0.378 e. The van der Waals surface area contributed by atoms with Crippen molar-refractivity contribution < 1.29 is 35.8 Å². The molecular formula is C24H24F6N4O2. The third kappa shape index (κ3) is 5.86. The number of hydrogen-bond acceptors (Lipinski definition) is 5. The number of rotatable bonds is 6. The molecule has 1 aromatic heterocycles. The highest BCUT2D eigenvalue weighted by Gasteiger charge is 2.40. The maximum absolute atomic E-state index is 13.4. The van der Waals surface area contributed by atoms with Crippen molar-refractivity contribution in [3.05, 3.63) is 76.6 Å². The minimum absolute atomic E-state index is 0.109. The van der Waals surface area contributed by atoms with E-state index in [1.807, 2.05) is 30.3 Å². The van der Waals surface area contributed by atoms with Crippen molar-refractivity contribution in [2.75, 3.05) is 13.2 Å². The second kappa shape index (κ2) is 10.2. The standard InChI is InChI=1S/C24H24F6N4O2/c1-14(16-8-18(23(25,26)27)11-19(9-16)24(28,29)30)36-20-13-35-12-17(10-21-31-32-33-34(21)2)22(20)15-6-4-3-5-7-15/h3-9,11,14,17,20,22H,10,12-13H2,1-2H3. The zero-order valence-corrected chi connectivity index (χ0v) is 19.4. The first-order valence-electron chi connectivity index (χ1n) is 11.2. The zero-order valence-electron chi connectivity index (χ0n) is 19.4. The number of aromatic nitrogens is 4. The summed E-state index contributed by atoms with van der Waals surface area (Å²) < 4.78 is 93.6. The van der Waals surface area contributed by atoms with Gasteiger partial charge in [-0.25, -0.2) is 4.68 Å². The van der Waals surface area contributed by atoms with Crippen molar-refractivity contribution in [3.8, 4) is 0 Å². The van der Waals surface area contributed by atoms with Gasteiger partial charge in [-0.1, -0.05) is 30.3 Å². The Morgan fingerprint density at radius 1 is 1.00 bits per heavy atom. The summed E-state index contributed by atoms with van der Waals surface area (Å²) in [6.45, 7) is 1.93. The first-order valence-corrected chi connectivity index (χ1v) is 11.2. The third-order valence-corrected chi connectivity index (χ3v) is 6.32. The molecule has 3 aromatic rings. The van der Waals surface area contributed by atoms with E-state index in [2.05, 4.69) is 15.5 Å². The molecule has 12 heteroatoms. The number of benzene rings is 2. The highest BCUT2D eigenvalue weighted by Crippen LogP contribution is 2.41. The first kappa shape index (κ1) is 26.1. The van der Waals surface area contributed by atoms with Gasteiger partial charge in [-0.15, -0.1) is 5.10 Å². The molecule has 0 aliphatic carbocycles. The van der Waals surface area contributed by atoms with Crippen LogP contribution in [0.2, 0.25) is 0 Å². The molecule has 1 fully saturated rings. The second-order valence-corrected chi connectivity index (χ2v) is 8.81. The Kier molecular flexibility index (Phi) is 7.37. The molecule has 1 saturated heterocycles. The highest BCUT2D eigenvalue weighted by molar-refractivity contribution is 5.35. The van der Waals surface area contributed by atoms with Crippen LogP contribution in [0.1, 0.15) is 47.0 Å². The molecule has 194 valence electrons. The summed E-state index contributed by atoms with van der Waals surface area (Å²) in [5.41, 5.74) is -2.06. The van der Waals surface area contributed by atoms with E-state index in [1.54, 1.807) is 7.05 Å². The maximum Gasteiger partial charge on any atom is 0.416 e. The van der Waals surface area contributed by atoms with Crippen molar-refractivity contribution in [1.29, 1.82) is 0 Å². The topological polar surface area (TPSA) is 62.1 Å². The molecule has 0 amide bonds. The lowest BCUT2D eigenvalue weighted by Gasteiger charge is -2.39. The molecule has 2 aromatic carbocycles. The third-order valence-electron chi connectivity index (χ3n) is 6.32. The van der Waals surface area contributed by atoms with Gasteiger partial charge in [0.05, 0.1) is 36.5 Å². The molecule has 0 bridgehead atoms. The molecule has 0 saturated carbocycles. The summed E-state index contributed by atoms with van der Waals surface area (Å²) >= 11 is 0. The minimum atomic E-state index is -4.94. The van der Waals surface area contributed by atoms with Gasteiger partial charge in [-0.2, -0.15) is 26.3 Å². The number of alkyl halides is 6. The summed E-state index contributed by atoms with van der Waals surface area (Å²) in [6, 6.07) is 10.9. The Morgan fingerprint density at radius 3 is 2.19 bits per heavy atom. The van der Waals surface area contributed by atoms with Gasteiger partial charge in [-0.3, -0.25) is 0 Å². The fourth-order valence-corrected chi connectivity index (χ4v) is 4.53. The molecule has 4 rings (SSSR count). The van der Waals surface area contributed by atoms with Gasteiger partial charge < -0.3 is 9.47 Å². The maximum atomic E-state index is 13.4. The zero-order chi connectivity index (χ0) is 26.1. The van der Waals surface area contributed by atoms with Crippen LogP contribution in [0.3, 0.4) is 0 Å². The molecule has 4 unspecified atom stereocenters. The molecule has 6 nitrogen and oxygen atoms in total. The van der Waals surface area contributed by atoms with Crippen molar-refractivity contribution in [1.82, 2.24) is 20.2 Å². The molecule has 0 radical (unpaired) electrons. The molecule has 4 atom stereocenters. The lowest BCUT2D eigenvalue weighted by Crippen LogP contribution is -2.41. The number of hydrogen-bond donors (Lipinski definition) is 0. The summed E-state index contributed by atoms with van der Waals surface area (Å²) in [4.78, 5) is 0. The lowest BCUT2D eigenvalue weighted by molar-refractivity contribution is -0.143. The van der Waals surface area contributed by atoms with Gasteiger partial charge >= 0.3 is 12.4 Å². The van der Waals surface area contributed by atoms with Crippen LogP contribution in [0.25, 0.3) is 0 Å². The molecule has 36 heavy (non-hydrogen) atoms. The number of tetrazole rings is 1. The molecule has 0 spiro atoms. The predicted molar refractivity (Wildman–Crippen MR) is 116 cm³/mol. The molecule has 1 aliphatic heterocycles. The van der Waals surface area contributed by atoms with Gasteiger partial charge in [0.1, 0.15) is 0 Å². The van der Waals surface area contributed by atoms with Crippen molar-refractivity contribution in [3.63, 3.8) is 0 Å². The Hall–Kier alpha value is -2.99. The number of ether oxygens (including phenoxy) is 2. The van der Waals surface area contributed by atoms with E-state index < -0.39 is 35.7 Å². The fourth-order valence-electron chi connectivity index (χ4n) is 4.53. The number of nitrogens with zero attached hydrogens (tertiary/aromatic N) is 4. The Morgan fingerprint density at radius 2 is 1.64 bits per heavy atom. The van der Waals surface area contributed by atoms with Crippen LogP contribution in [0, 0.1) is 5.92 Å². The van der Waals surface area contributed by atoms with Gasteiger partial charge in [-0.05, 0) is 52.6 Å². The monoisotopic (exact) mass is 514 g/mol. The molecule has 1 aliphatic rings. The van der Waals surface area contributed by atoms with E-state index in [-0.39, 0.29) is 30.1 Å². The van der Waals surface area contributed by atoms with Crippen LogP contribution in [0.4, 0.5) is 26.3 Å². The number of halogens is 6. The van der Waals surface area contributed by atoms with Crippen molar-refractivity contribution in [2.45, 2.75) is 43.8 Å². The van der Waals surface area contributed by atoms with Gasteiger partial charge in [0.2, 0.25) is 0 Å². The normalized spacial score (nSPS) is 21.9. The average Bonchev–Trinajstić information content (AvgIpc) is 3.22. The van der Waals surface area contributed by atoms with E-state index >= 15 is 0 Å². The van der Waals surface area contributed by atoms with Crippen LogP contribution >= 0.6 is 0 Å². The van der Waals surface area contributed by atoms with Crippen LogP contribution in [0.5, 0.6) is 0 Å². The minimum Gasteiger partial charge on any atom is -0.378 e. The summed E-state index contributed by atoms with van der Waals surface area (Å²) in [7, 11) is 1.71. The molecule has 0 N–H and O–H groups in total. The van der Waals surface area contributed by atoms with Crippen molar-refractivity contribution in [2.24, 2.45) is 13.0 Å². The average molecular weight is 514 g/mol. The quantitative estimate of drug-likeness (QED) is 0.414. The molecule has 2 heterocycles. The SMILES string of the molecule is CC(OC1COCC(Cc2nnnn2C)C1c1ccccc1)c1cc(C(F)(F)F)cc(C(F)(F)F)c1. The van der Waals surface area contributed by atoms with E-state index in [0.29, 0.717) is 31.0 Å². The second-order valence-electron chi connectivity index (χ2n) is 8.81. The molecular weight excluding hydrogens is 490 g/mol. The van der Waals surface area contributed by atoms with E-state index in [9.17, 15) is 26.3 Å². The largest absolute Gasteiger partial charge is 0.416 e. The summed E-state index contributed by atoms with van der Waals surface area (Å²) in [6.07, 6.45) is -11.1. The van der Waals surface area contributed by atoms with Crippen LogP contribution < -0.4 is 0 Å². The summed E-state index contributed by atoms with van der Waals surface area (Å²) in [5, 5.41) is 11.5. The highest BCUT2D eigenvalue weighted by atomic mass is 19.4.